The third-order valence-electron chi connectivity index (χ3n) is 7.93. The Hall–Kier alpha value is -2.93. The van der Waals surface area contributed by atoms with E-state index in [2.05, 4.69) is 14.9 Å². The van der Waals surface area contributed by atoms with E-state index in [0.29, 0.717) is 23.4 Å². The molecule has 1 saturated carbocycles. The summed E-state index contributed by atoms with van der Waals surface area (Å²) in [6.07, 6.45) is 7.76. The quantitative estimate of drug-likeness (QED) is 0.692. The van der Waals surface area contributed by atoms with Gasteiger partial charge in [-0.15, -0.1) is 0 Å². The predicted molar refractivity (Wildman–Crippen MR) is 123 cm³/mol. The Morgan fingerprint density at radius 1 is 0.969 bits per heavy atom. The molecule has 0 bridgehead atoms. The molecule has 7 heteroatoms. The van der Waals surface area contributed by atoms with Crippen molar-refractivity contribution < 1.29 is 4.79 Å². The second kappa shape index (κ2) is 7.89. The summed E-state index contributed by atoms with van der Waals surface area (Å²) in [7, 11) is 0. The fourth-order valence-electron chi connectivity index (χ4n) is 6.35. The van der Waals surface area contributed by atoms with Gasteiger partial charge in [0.2, 0.25) is 0 Å². The van der Waals surface area contributed by atoms with Crippen LogP contribution in [0.4, 0.5) is 0 Å². The Labute approximate surface area is 187 Å². The molecule has 166 valence electrons. The van der Waals surface area contributed by atoms with E-state index in [1.807, 2.05) is 45.9 Å². The number of aromatic amines is 1. The number of nitrogens with zero attached hydrogens (tertiary/aromatic N) is 4. The molecular weight excluding hydrogens is 402 g/mol. The van der Waals surface area contributed by atoms with Gasteiger partial charge in [-0.1, -0.05) is 12.1 Å². The average Bonchev–Trinajstić information content (AvgIpc) is 3.50. The minimum atomic E-state index is 0.0124. The van der Waals surface area contributed by atoms with Crippen LogP contribution in [0.15, 0.2) is 53.6 Å². The molecular formula is C25H29N5O2. The first-order valence-corrected chi connectivity index (χ1v) is 11.8. The molecule has 3 atom stereocenters. The smallest absolute Gasteiger partial charge is 0.326 e. The van der Waals surface area contributed by atoms with Crippen LogP contribution in [0.5, 0.6) is 0 Å². The second-order valence-electron chi connectivity index (χ2n) is 9.68. The highest BCUT2D eigenvalue weighted by Crippen LogP contribution is 2.41. The van der Waals surface area contributed by atoms with E-state index in [9.17, 15) is 9.59 Å². The lowest BCUT2D eigenvalue weighted by Gasteiger charge is -2.37. The largest absolute Gasteiger partial charge is 0.338 e. The van der Waals surface area contributed by atoms with Gasteiger partial charge in [-0.3, -0.25) is 14.3 Å². The average molecular weight is 432 g/mol. The van der Waals surface area contributed by atoms with Gasteiger partial charge in [0.25, 0.3) is 5.91 Å². The lowest BCUT2D eigenvalue weighted by molar-refractivity contribution is 0.0765. The molecule has 1 aromatic carbocycles. The zero-order valence-electron chi connectivity index (χ0n) is 18.2. The van der Waals surface area contributed by atoms with Crippen molar-refractivity contribution in [3.63, 3.8) is 0 Å². The van der Waals surface area contributed by atoms with Crippen LogP contribution in [-0.4, -0.2) is 62.5 Å². The van der Waals surface area contributed by atoms with Crippen molar-refractivity contribution in [3.8, 4) is 0 Å². The zero-order valence-corrected chi connectivity index (χ0v) is 18.2. The Morgan fingerprint density at radius 2 is 1.72 bits per heavy atom. The number of fused-ring (bicyclic) bond motifs is 2. The third kappa shape index (κ3) is 3.35. The van der Waals surface area contributed by atoms with Gasteiger partial charge in [0.1, 0.15) is 0 Å². The van der Waals surface area contributed by atoms with E-state index in [-0.39, 0.29) is 17.6 Å². The molecule has 1 N–H and O–H groups in total. The van der Waals surface area contributed by atoms with Crippen LogP contribution >= 0.6 is 0 Å². The van der Waals surface area contributed by atoms with Gasteiger partial charge >= 0.3 is 5.69 Å². The van der Waals surface area contributed by atoms with Crippen LogP contribution in [0, 0.1) is 11.8 Å². The van der Waals surface area contributed by atoms with Gasteiger partial charge in [0, 0.05) is 50.7 Å². The highest BCUT2D eigenvalue weighted by Gasteiger charge is 2.44. The van der Waals surface area contributed by atoms with Gasteiger partial charge in [-0.2, -0.15) is 0 Å². The number of hydrogen-bond donors (Lipinski definition) is 1. The highest BCUT2D eigenvalue weighted by atomic mass is 16.2. The monoisotopic (exact) mass is 431 g/mol. The number of likely N-dealkylation sites (tertiary alicyclic amines) is 2. The summed E-state index contributed by atoms with van der Waals surface area (Å²) in [6.45, 7) is 3.82. The maximum absolute atomic E-state index is 12.8. The number of carbonyl (C=O) groups excluding carboxylic acids is 1. The number of piperidine rings is 1. The Bertz CT molecular complexity index is 1160. The maximum atomic E-state index is 12.8. The number of benzene rings is 1. The van der Waals surface area contributed by atoms with Crippen LogP contribution in [0.25, 0.3) is 11.0 Å². The SMILES string of the molecule is O=C(c1cccnc1)N1C[C@H]2CC(N3CCC(n4c(=O)[nH]c5ccccc54)CC3)C[C@H]2C1. The van der Waals surface area contributed by atoms with Crippen LogP contribution in [0.3, 0.4) is 0 Å². The van der Waals surface area contributed by atoms with Crippen molar-refractivity contribution in [2.24, 2.45) is 11.8 Å². The number of para-hydroxylation sites is 2. The lowest BCUT2D eigenvalue weighted by Crippen LogP contribution is -2.42. The summed E-state index contributed by atoms with van der Waals surface area (Å²) in [4.78, 5) is 37.1. The van der Waals surface area contributed by atoms with Crippen molar-refractivity contribution in [2.75, 3.05) is 26.2 Å². The molecule has 6 rings (SSSR count). The first-order chi connectivity index (χ1) is 15.7. The molecule has 3 aliphatic rings. The number of H-pyrrole nitrogens is 1. The molecule has 1 amide bonds. The molecule has 3 aromatic rings. The summed E-state index contributed by atoms with van der Waals surface area (Å²) in [5, 5.41) is 0. The van der Waals surface area contributed by atoms with Crippen molar-refractivity contribution in [3.05, 3.63) is 64.8 Å². The highest BCUT2D eigenvalue weighted by molar-refractivity contribution is 5.94. The van der Waals surface area contributed by atoms with Crippen LogP contribution in [-0.2, 0) is 0 Å². The second-order valence-corrected chi connectivity index (χ2v) is 9.68. The maximum Gasteiger partial charge on any atom is 0.326 e. The first-order valence-electron chi connectivity index (χ1n) is 11.8. The van der Waals surface area contributed by atoms with E-state index >= 15 is 0 Å². The molecule has 2 saturated heterocycles. The number of amides is 1. The molecule has 2 aromatic heterocycles. The molecule has 3 fully saturated rings. The topological polar surface area (TPSA) is 74.2 Å². The van der Waals surface area contributed by atoms with Crippen molar-refractivity contribution in [1.29, 1.82) is 0 Å². The van der Waals surface area contributed by atoms with Crippen molar-refractivity contribution in [1.82, 2.24) is 24.3 Å². The van der Waals surface area contributed by atoms with Crippen LogP contribution in [0.2, 0.25) is 0 Å². The molecule has 2 aliphatic heterocycles. The van der Waals surface area contributed by atoms with E-state index in [1.165, 1.54) is 12.8 Å². The number of hydrogen-bond acceptors (Lipinski definition) is 4. The van der Waals surface area contributed by atoms with Crippen LogP contribution in [0.1, 0.15) is 42.1 Å². The zero-order chi connectivity index (χ0) is 21.7. The number of rotatable bonds is 3. The number of carbonyl (C=O) groups is 1. The summed E-state index contributed by atoms with van der Waals surface area (Å²) < 4.78 is 1.97. The van der Waals surface area contributed by atoms with Gasteiger partial charge in [-0.05, 0) is 61.8 Å². The molecule has 1 aliphatic carbocycles. The van der Waals surface area contributed by atoms with Gasteiger partial charge < -0.3 is 14.8 Å². The number of pyridine rings is 1. The van der Waals surface area contributed by atoms with Gasteiger partial charge in [-0.25, -0.2) is 4.79 Å². The van der Waals surface area contributed by atoms with E-state index in [0.717, 1.165) is 50.1 Å². The Morgan fingerprint density at radius 3 is 2.44 bits per heavy atom. The molecule has 4 heterocycles. The fourth-order valence-corrected chi connectivity index (χ4v) is 6.35. The Kier molecular flexibility index (Phi) is 4.86. The van der Waals surface area contributed by atoms with E-state index in [4.69, 9.17) is 0 Å². The first kappa shape index (κ1) is 19.7. The van der Waals surface area contributed by atoms with Crippen molar-refractivity contribution in [2.45, 2.75) is 37.8 Å². The number of imidazole rings is 1. The summed E-state index contributed by atoms with van der Waals surface area (Å²) in [5.41, 5.74) is 2.65. The third-order valence-corrected chi connectivity index (χ3v) is 7.93. The molecule has 32 heavy (non-hydrogen) atoms. The Balaban J connectivity index is 1.07. The normalized spacial score (nSPS) is 26.6. The lowest BCUT2D eigenvalue weighted by atomic mass is 10.0. The summed E-state index contributed by atoms with van der Waals surface area (Å²) in [6, 6.07) is 12.5. The van der Waals surface area contributed by atoms with E-state index in [1.54, 1.807) is 12.4 Å². The number of aromatic nitrogens is 3. The minimum absolute atomic E-state index is 0.0124. The summed E-state index contributed by atoms with van der Waals surface area (Å²) >= 11 is 0. The number of nitrogens with one attached hydrogen (secondary N) is 1. The predicted octanol–water partition coefficient (Wildman–Crippen LogP) is 2.91. The minimum Gasteiger partial charge on any atom is -0.338 e. The summed E-state index contributed by atoms with van der Waals surface area (Å²) in [5.74, 6) is 1.33. The molecule has 0 radical (unpaired) electrons. The molecule has 1 unspecified atom stereocenters. The molecule has 7 nitrogen and oxygen atoms in total. The van der Waals surface area contributed by atoms with Gasteiger partial charge in [0.05, 0.1) is 16.6 Å². The standard InChI is InChI=1S/C25H29N5O2/c31-24(17-4-3-9-26-14-17)29-15-18-12-21(13-19(18)16-29)28-10-7-20(8-11-28)30-23-6-2-1-5-22(23)27-25(30)32/h1-6,9,14,18-21H,7-8,10-13,15-16H2,(H,27,32)/t18-,19+,21?. The van der Waals surface area contributed by atoms with Gasteiger partial charge in [0.15, 0.2) is 0 Å². The van der Waals surface area contributed by atoms with Crippen molar-refractivity contribution >= 4 is 16.9 Å². The fraction of sp³-hybridized carbons (Fsp3) is 0.480. The molecule has 0 spiro atoms. The van der Waals surface area contributed by atoms with Crippen LogP contribution < -0.4 is 5.69 Å². The van der Waals surface area contributed by atoms with E-state index < -0.39 is 0 Å².